The molecule has 0 spiro atoms. The molecule has 6 heteroatoms. The van der Waals surface area contributed by atoms with Crippen LogP contribution in [-0.4, -0.2) is 10.8 Å². The van der Waals surface area contributed by atoms with Crippen molar-refractivity contribution in [2.24, 2.45) is 5.73 Å². The molecule has 25 heavy (non-hydrogen) atoms. The first-order valence-corrected chi connectivity index (χ1v) is 7.80. The average molecular weight is 335 g/mol. The first-order chi connectivity index (χ1) is 12.0. The number of benzene rings is 3. The van der Waals surface area contributed by atoms with Crippen LogP contribution in [-0.2, 0) is 0 Å². The Bertz CT molecular complexity index is 964. The van der Waals surface area contributed by atoms with Crippen LogP contribution in [0.25, 0.3) is 10.8 Å². The van der Waals surface area contributed by atoms with Crippen molar-refractivity contribution in [3.05, 3.63) is 81.9 Å². The summed E-state index contributed by atoms with van der Waals surface area (Å²) in [5.74, 6) is -0.697. The smallest absolute Gasteiger partial charge is 0.293 e. The number of primary amides is 1. The van der Waals surface area contributed by atoms with Gasteiger partial charge in [-0.15, -0.1) is 0 Å². The van der Waals surface area contributed by atoms with Gasteiger partial charge in [-0.3, -0.25) is 14.9 Å². The molecule has 0 aliphatic rings. The normalized spacial score (nSPS) is 11.9. The van der Waals surface area contributed by atoms with E-state index in [2.05, 4.69) is 5.32 Å². The van der Waals surface area contributed by atoms with Crippen molar-refractivity contribution in [2.75, 3.05) is 5.32 Å². The summed E-state index contributed by atoms with van der Waals surface area (Å²) in [6, 6.07) is 18.0. The lowest BCUT2D eigenvalue weighted by molar-refractivity contribution is -0.384. The summed E-state index contributed by atoms with van der Waals surface area (Å²) < 4.78 is 0. The fourth-order valence-corrected chi connectivity index (χ4v) is 2.90. The molecule has 1 amide bonds. The molecule has 3 aromatic carbocycles. The fraction of sp³-hybridized carbons (Fsp3) is 0.105. The summed E-state index contributed by atoms with van der Waals surface area (Å²) in [7, 11) is 0. The number of nitrogens with zero attached hydrogens (tertiary/aromatic N) is 1. The van der Waals surface area contributed by atoms with Gasteiger partial charge in [0.2, 0.25) is 5.91 Å². The van der Waals surface area contributed by atoms with Crippen LogP contribution in [0.3, 0.4) is 0 Å². The van der Waals surface area contributed by atoms with E-state index in [4.69, 9.17) is 5.73 Å². The molecule has 0 heterocycles. The summed E-state index contributed by atoms with van der Waals surface area (Å²) in [5.41, 5.74) is 6.51. The maximum atomic E-state index is 11.3. The predicted molar refractivity (Wildman–Crippen MR) is 97.6 cm³/mol. The van der Waals surface area contributed by atoms with Crippen molar-refractivity contribution in [3.8, 4) is 0 Å². The molecule has 0 aliphatic heterocycles. The Morgan fingerprint density at radius 2 is 1.84 bits per heavy atom. The van der Waals surface area contributed by atoms with Crippen LogP contribution in [0, 0.1) is 10.1 Å². The molecule has 0 unspecified atom stereocenters. The van der Waals surface area contributed by atoms with Gasteiger partial charge < -0.3 is 11.1 Å². The van der Waals surface area contributed by atoms with Crippen LogP contribution in [0.2, 0.25) is 0 Å². The van der Waals surface area contributed by atoms with Crippen molar-refractivity contribution >= 4 is 28.1 Å². The Morgan fingerprint density at radius 1 is 1.12 bits per heavy atom. The highest BCUT2D eigenvalue weighted by Gasteiger charge is 2.19. The summed E-state index contributed by atoms with van der Waals surface area (Å²) in [6.45, 7) is 1.94. The minimum atomic E-state index is -0.697. The molecule has 0 aliphatic carbocycles. The monoisotopic (exact) mass is 335 g/mol. The molecule has 126 valence electrons. The number of hydrogen-bond donors (Lipinski definition) is 2. The van der Waals surface area contributed by atoms with E-state index in [1.807, 2.05) is 49.4 Å². The van der Waals surface area contributed by atoms with E-state index >= 15 is 0 Å². The number of amides is 1. The van der Waals surface area contributed by atoms with Crippen molar-refractivity contribution in [2.45, 2.75) is 13.0 Å². The molecule has 6 nitrogen and oxygen atoms in total. The van der Waals surface area contributed by atoms with Crippen LogP contribution >= 0.6 is 0 Å². The number of hydrogen-bond acceptors (Lipinski definition) is 4. The number of nitro benzene ring substituents is 1. The van der Waals surface area contributed by atoms with E-state index in [1.165, 1.54) is 18.2 Å². The number of nitrogens with one attached hydrogen (secondary N) is 1. The van der Waals surface area contributed by atoms with Crippen molar-refractivity contribution < 1.29 is 9.72 Å². The molecule has 0 saturated heterocycles. The van der Waals surface area contributed by atoms with Gasteiger partial charge in [0.25, 0.3) is 5.69 Å². The summed E-state index contributed by atoms with van der Waals surface area (Å²) in [5, 5.41) is 16.7. The first-order valence-electron chi connectivity index (χ1n) is 7.80. The second-order valence-electron chi connectivity index (χ2n) is 5.79. The van der Waals surface area contributed by atoms with Crippen LogP contribution in [0.4, 0.5) is 11.4 Å². The largest absolute Gasteiger partial charge is 0.373 e. The van der Waals surface area contributed by atoms with E-state index in [-0.39, 0.29) is 17.3 Å². The number of carbonyl (C=O) groups is 1. The second kappa shape index (κ2) is 6.60. The standard InChI is InChI=1S/C19H17N3O3/c1-12(15-8-4-6-13-5-2-3-7-16(13)15)21-17-10-9-14(19(20)23)11-18(17)22(24)25/h2-12,21H,1H3,(H2,20,23)/t12-/m0/s1. The molecule has 1 atom stereocenters. The molecule has 0 bridgehead atoms. The Hall–Kier alpha value is -3.41. The van der Waals surface area contributed by atoms with E-state index in [0.29, 0.717) is 5.69 Å². The Balaban J connectivity index is 1.99. The molecular formula is C19H17N3O3. The number of nitrogens with two attached hydrogens (primary N) is 1. The summed E-state index contributed by atoms with van der Waals surface area (Å²) in [6.07, 6.45) is 0. The zero-order valence-corrected chi connectivity index (χ0v) is 13.6. The van der Waals surface area contributed by atoms with Gasteiger partial charge in [-0.1, -0.05) is 42.5 Å². The molecule has 0 radical (unpaired) electrons. The van der Waals surface area contributed by atoms with E-state index in [1.54, 1.807) is 0 Å². The topological polar surface area (TPSA) is 98.3 Å². The van der Waals surface area contributed by atoms with E-state index in [9.17, 15) is 14.9 Å². The maximum Gasteiger partial charge on any atom is 0.293 e. The van der Waals surface area contributed by atoms with Crippen molar-refractivity contribution in [1.82, 2.24) is 0 Å². The zero-order chi connectivity index (χ0) is 18.0. The summed E-state index contributed by atoms with van der Waals surface area (Å²) >= 11 is 0. The third kappa shape index (κ3) is 3.28. The highest BCUT2D eigenvalue weighted by molar-refractivity contribution is 5.94. The minimum Gasteiger partial charge on any atom is -0.373 e. The third-order valence-electron chi connectivity index (χ3n) is 4.14. The number of rotatable bonds is 5. The molecule has 0 aromatic heterocycles. The van der Waals surface area contributed by atoms with Gasteiger partial charge in [-0.2, -0.15) is 0 Å². The zero-order valence-electron chi connectivity index (χ0n) is 13.6. The molecular weight excluding hydrogens is 318 g/mol. The quantitative estimate of drug-likeness (QED) is 0.543. The van der Waals surface area contributed by atoms with Crippen LogP contribution in [0.1, 0.15) is 28.9 Å². The van der Waals surface area contributed by atoms with Crippen molar-refractivity contribution in [3.63, 3.8) is 0 Å². The lowest BCUT2D eigenvalue weighted by atomic mass is 9.99. The maximum absolute atomic E-state index is 11.3. The number of carbonyl (C=O) groups excluding carboxylic acids is 1. The molecule has 3 aromatic rings. The van der Waals surface area contributed by atoms with E-state index < -0.39 is 10.8 Å². The third-order valence-corrected chi connectivity index (χ3v) is 4.14. The second-order valence-corrected chi connectivity index (χ2v) is 5.79. The average Bonchev–Trinajstić information content (AvgIpc) is 2.61. The van der Waals surface area contributed by atoms with Gasteiger partial charge in [-0.25, -0.2) is 0 Å². The van der Waals surface area contributed by atoms with Crippen molar-refractivity contribution in [1.29, 1.82) is 0 Å². The molecule has 3 rings (SSSR count). The highest BCUT2D eigenvalue weighted by atomic mass is 16.6. The SMILES string of the molecule is C[C@H](Nc1ccc(C(N)=O)cc1[N+](=O)[O-])c1cccc2ccccc12. The summed E-state index contributed by atoms with van der Waals surface area (Å²) in [4.78, 5) is 22.1. The Morgan fingerprint density at radius 3 is 2.56 bits per heavy atom. The Labute approximate surface area is 144 Å². The van der Waals surface area contributed by atoms with Crippen LogP contribution < -0.4 is 11.1 Å². The number of fused-ring (bicyclic) bond motifs is 1. The van der Waals surface area contributed by atoms with Crippen LogP contribution in [0.5, 0.6) is 0 Å². The number of anilines is 1. The van der Waals surface area contributed by atoms with Crippen LogP contribution in [0.15, 0.2) is 60.7 Å². The van der Waals surface area contributed by atoms with Gasteiger partial charge in [0.05, 0.1) is 4.92 Å². The molecule has 0 fully saturated rings. The van der Waals surface area contributed by atoms with Gasteiger partial charge >= 0.3 is 0 Å². The van der Waals surface area contributed by atoms with Gasteiger partial charge in [-0.05, 0) is 35.4 Å². The molecule has 0 saturated carbocycles. The highest BCUT2D eigenvalue weighted by Crippen LogP contribution is 2.31. The van der Waals surface area contributed by atoms with Gasteiger partial charge in [0.15, 0.2) is 0 Å². The first kappa shape index (κ1) is 16.4. The minimum absolute atomic E-state index is 0.107. The van der Waals surface area contributed by atoms with Gasteiger partial charge in [0.1, 0.15) is 5.69 Å². The van der Waals surface area contributed by atoms with Gasteiger partial charge in [0, 0.05) is 17.7 Å². The van der Waals surface area contributed by atoms with E-state index in [0.717, 1.165) is 16.3 Å². The molecule has 3 N–H and O–H groups in total. The Kier molecular flexibility index (Phi) is 4.35. The lowest BCUT2D eigenvalue weighted by Crippen LogP contribution is -2.13. The number of nitro groups is 1. The fourth-order valence-electron chi connectivity index (χ4n) is 2.90. The lowest BCUT2D eigenvalue weighted by Gasteiger charge is -2.18. The predicted octanol–water partition coefficient (Wildman–Crippen LogP) is 4.02.